The molecule has 0 aliphatic carbocycles. The Morgan fingerprint density at radius 3 is 2.75 bits per heavy atom. The predicted octanol–water partition coefficient (Wildman–Crippen LogP) is 2.92. The first-order valence-electron chi connectivity index (χ1n) is 5.77. The minimum Gasteiger partial charge on any atom is -0.391 e. The Balaban J connectivity index is 2.32. The van der Waals surface area contributed by atoms with Crippen LogP contribution in [0, 0.1) is 13.8 Å². The van der Waals surface area contributed by atoms with Gasteiger partial charge < -0.3 is 10.0 Å². The van der Waals surface area contributed by atoms with Gasteiger partial charge in [0.05, 0.1) is 16.8 Å². The lowest BCUT2D eigenvalue weighted by atomic mass is 10.0. The van der Waals surface area contributed by atoms with E-state index in [1.165, 1.54) is 11.1 Å². The number of β-amino-alcohol motifs (C(OH)–C–C–N with tert-alkyl or cyclic N) is 1. The number of aryl methyl sites for hydroxylation is 2. The molecule has 0 spiro atoms. The summed E-state index contributed by atoms with van der Waals surface area (Å²) in [6.07, 6.45) is 1.72. The Morgan fingerprint density at radius 1 is 1.38 bits per heavy atom. The highest BCUT2D eigenvalue weighted by atomic mass is 35.5. The first-order chi connectivity index (χ1) is 7.58. The Morgan fingerprint density at radius 2 is 2.12 bits per heavy atom. The molecule has 1 aromatic rings. The van der Waals surface area contributed by atoms with E-state index in [1.54, 1.807) is 0 Å². The Bertz CT molecular complexity index is 369. The fourth-order valence-electron chi connectivity index (χ4n) is 2.47. The zero-order valence-corrected chi connectivity index (χ0v) is 10.6. The van der Waals surface area contributed by atoms with Crippen LogP contribution >= 0.6 is 11.6 Å². The summed E-state index contributed by atoms with van der Waals surface area (Å²) in [6, 6.07) is 4.13. The van der Waals surface area contributed by atoms with E-state index in [0.717, 1.165) is 30.1 Å². The second-order valence-corrected chi connectivity index (χ2v) is 5.06. The number of rotatable bonds is 1. The van der Waals surface area contributed by atoms with E-state index < -0.39 is 0 Å². The molecule has 0 aromatic heterocycles. The summed E-state index contributed by atoms with van der Waals surface area (Å²) in [6.45, 7) is 5.81. The van der Waals surface area contributed by atoms with Gasteiger partial charge in [-0.25, -0.2) is 0 Å². The molecular formula is C13H18ClNO. The Kier molecular flexibility index (Phi) is 3.41. The van der Waals surface area contributed by atoms with Crippen molar-refractivity contribution in [3.8, 4) is 0 Å². The summed E-state index contributed by atoms with van der Waals surface area (Å²) in [5.41, 5.74) is 3.47. The van der Waals surface area contributed by atoms with Crippen LogP contribution in [0.2, 0.25) is 5.02 Å². The first-order valence-corrected chi connectivity index (χ1v) is 6.15. The smallest absolute Gasteiger partial charge is 0.0715 e. The van der Waals surface area contributed by atoms with Crippen LogP contribution in [-0.2, 0) is 0 Å². The van der Waals surface area contributed by atoms with E-state index in [2.05, 4.69) is 17.9 Å². The molecule has 0 saturated carbocycles. The van der Waals surface area contributed by atoms with Gasteiger partial charge in [-0.3, -0.25) is 0 Å². The second kappa shape index (κ2) is 4.64. The summed E-state index contributed by atoms with van der Waals surface area (Å²) in [7, 11) is 0. The number of aliphatic hydroxyl groups is 1. The van der Waals surface area contributed by atoms with Crippen LogP contribution in [0.15, 0.2) is 12.1 Å². The number of hydrogen-bond acceptors (Lipinski definition) is 2. The van der Waals surface area contributed by atoms with Gasteiger partial charge in [-0.1, -0.05) is 17.7 Å². The van der Waals surface area contributed by atoms with Gasteiger partial charge in [-0.05, 0) is 43.9 Å². The van der Waals surface area contributed by atoms with Crippen molar-refractivity contribution in [1.82, 2.24) is 0 Å². The predicted molar refractivity (Wildman–Crippen MR) is 68.4 cm³/mol. The molecule has 0 amide bonds. The van der Waals surface area contributed by atoms with Gasteiger partial charge in [0, 0.05) is 13.1 Å². The molecule has 1 heterocycles. The molecule has 1 aliphatic rings. The summed E-state index contributed by atoms with van der Waals surface area (Å²) in [4.78, 5) is 2.20. The Labute approximate surface area is 102 Å². The summed E-state index contributed by atoms with van der Waals surface area (Å²) in [5, 5.41) is 10.5. The third kappa shape index (κ3) is 2.33. The van der Waals surface area contributed by atoms with Gasteiger partial charge >= 0.3 is 0 Å². The molecule has 88 valence electrons. The van der Waals surface area contributed by atoms with Crippen molar-refractivity contribution in [2.45, 2.75) is 32.8 Å². The lowest BCUT2D eigenvalue weighted by Crippen LogP contribution is -2.38. The van der Waals surface area contributed by atoms with Gasteiger partial charge in [0.1, 0.15) is 0 Å². The third-order valence-corrected chi connectivity index (χ3v) is 3.40. The molecule has 0 bridgehead atoms. The molecule has 16 heavy (non-hydrogen) atoms. The number of aliphatic hydroxyl groups excluding tert-OH is 1. The van der Waals surface area contributed by atoms with E-state index in [9.17, 15) is 5.11 Å². The number of hydrogen-bond donors (Lipinski definition) is 1. The highest BCUT2D eigenvalue weighted by Crippen LogP contribution is 2.32. The van der Waals surface area contributed by atoms with Crippen molar-refractivity contribution >= 4 is 17.3 Å². The molecule has 1 N–H and O–H groups in total. The van der Waals surface area contributed by atoms with Crippen molar-refractivity contribution in [3.63, 3.8) is 0 Å². The van der Waals surface area contributed by atoms with Gasteiger partial charge in [0.2, 0.25) is 0 Å². The zero-order chi connectivity index (χ0) is 11.7. The molecule has 2 rings (SSSR count). The normalized spacial score (nSPS) is 21.2. The summed E-state index contributed by atoms with van der Waals surface area (Å²) >= 11 is 6.29. The van der Waals surface area contributed by atoms with Crippen molar-refractivity contribution in [1.29, 1.82) is 0 Å². The number of halogens is 1. The molecule has 3 heteroatoms. The molecule has 0 radical (unpaired) electrons. The van der Waals surface area contributed by atoms with E-state index in [0.29, 0.717) is 6.54 Å². The fourth-order valence-corrected chi connectivity index (χ4v) is 2.91. The first kappa shape index (κ1) is 11.7. The maximum atomic E-state index is 9.69. The molecule has 2 nitrogen and oxygen atoms in total. The topological polar surface area (TPSA) is 23.5 Å². The van der Waals surface area contributed by atoms with Crippen molar-refractivity contribution in [2.75, 3.05) is 18.0 Å². The second-order valence-electron chi connectivity index (χ2n) is 4.65. The lowest BCUT2D eigenvalue weighted by Gasteiger charge is -2.33. The van der Waals surface area contributed by atoms with Crippen LogP contribution in [0.3, 0.4) is 0 Å². The van der Waals surface area contributed by atoms with E-state index in [4.69, 9.17) is 11.6 Å². The van der Waals surface area contributed by atoms with E-state index in [-0.39, 0.29) is 6.10 Å². The average Bonchev–Trinajstić information content (AvgIpc) is 2.15. The highest BCUT2D eigenvalue weighted by molar-refractivity contribution is 6.33. The van der Waals surface area contributed by atoms with Gasteiger partial charge in [0.15, 0.2) is 0 Å². The number of piperidine rings is 1. The highest BCUT2D eigenvalue weighted by Gasteiger charge is 2.21. The monoisotopic (exact) mass is 239 g/mol. The minimum atomic E-state index is -0.217. The van der Waals surface area contributed by atoms with E-state index >= 15 is 0 Å². The molecule has 1 aromatic carbocycles. The third-order valence-electron chi connectivity index (χ3n) is 3.11. The molecule has 1 saturated heterocycles. The molecule has 1 aliphatic heterocycles. The van der Waals surface area contributed by atoms with Crippen molar-refractivity contribution in [2.24, 2.45) is 0 Å². The maximum absolute atomic E-state index is 9.69. The zero-order valence-electron chi connectivity index (χ0n) is 9.83. The molecule has 1 unspecified atom stereocenters. The summed E-state index contributed by atoms with van der Waals surface area (Å²) in [5.74, 6) is 0. The van der Waals surface area contributed by atoms with Gasteiger partial charge in [-0.15, -0.1) is 0 Å². The van der Waals surface area contributed by atoms with Crippen LogP contribution in [0.4, 0.5) is 5.69 Å². The molecule has 1 fully saturated rings. The van der Waals surface area contributed by atoms with Crippen molar-refractivity contribution < 1.29 is 5.11 Å². The average molecular weight is 240 g/mol. The van der Waals surface area contributed by atoms with Crippen LogP contribution in [0.25, 0.3) is 0 Å². The quantitative estimate of drug-likeness (QED) is 0.815. The maximum Gasteiger partial charge on any atom is 0.0715 e. The fraction of sp³-hybridized carbons (Fsp3) is 0.538. The number of anilines is 1. The lowest BCUT2D eigenvalue weighted by molar-refractivity contribution is 0.154. The van der Waals surface area contributed by atoms with Gasteiger partial charge in [-0.2, -0.15) is 0 Å². The molecule has 1 atom stereocenters. The minimum absolute atomic E-state index is 0.217. The van der Waals surface area contributed by atoms with E-state index in [1.807, 2.05) is 13.0 Å². The number of benzene rings is 1. The SMILES string of the molecule is Cc1cc(C)c(N2CCCC(O)C2)c(Cl)c1. The van der Waals surface area contributed by atoms with Crippen molar-refractivity contribution in [3.05, 3.63) is 28.3 Å². The largest absolute Gasteiger partial charge is 0.391 e. The van der Waals surface area contributed by atoms with Crippen LogP contribution in [-0.4, -0.2) is 24.3 Å². The number of nitrogens with zero attached hydrogens (tertiary/aromatic N) is 1. The molecular weight excluding hydrogens is 222 g/mol. The van der Waals surface area contributed by atoms with Gasteiger partial charge in [0.25, 0.3) is 0 Å². The van der Waals surface area contributed by atoms with Crippen LogP contribution in [0.1, 0.15) is 24.0 Å². The van der Waals surface area contributed by atoms with Crippen LogP contribution in [0.5, 0.6) is 0 Å². The van der Waals surface area contributed by atoms with Crippen LogP contribution < -0.4 is 4.90 Å². The summed E-state index contributed by atoms with van der Waals surface area (Å²) < 4.78 is 0. The standard InChI is InChI=1S/C13H18ClNO/c1-9-6-10(2)13(12(14)7-9)15-5-3-4-11(16)8-15/h6-7,11,16H,3-5,8H2,1-2H3. The Hall–Kier alpha value is -0.730.